The Bertz CT molecular complexity index is 972. The number of hydrogen-bond acceptors (Lipinski definition) is 6. The van der Waals surface area contributed by atoms with Gasteiger partial charge in [-0.3, -0.25) is 4.79 Å². The van der Waals surface area contributed by atoms with Gasteiger partial charge in [0, 0.05) is 11.6 Å². The third kappa shape index (κ3) is 3.63. The van der Waals surface area contributed by atoms with Gasteiger partial charge in [-0.2, -0.15) is 0 Å². The maximum absolute atomic E-state index is 13.2. The predicted octanol–water partition coefficient (Wildman–Crippen LogP) is 4.14. The molecule has 0 spiro atoms. The fourth-order valence-electron chi connectivity index (χ4n) is 4.19. The molecule has 6 nitrogen and oxygen atoms in total. The van der Waals surface area contributed by atoms with Crippen LogP contribution in [0.3, 0.4) is 0 Å². The first-order valence-corrected chi connectivity index (χ1v) is 10.1. The number of rotatable bonds is 5. The molecule has 0 aromatic heterocycles. The maximum atomic E-state index is 13.2. The Morgan fingerprint density at radius 2 is 1.67 bits per heavy atom. The number of ether oxygens (including phenoxy) is 4. The summed E-state index contributed by atoms with van der Waals surface area (Å²) in [5.41, 5.74) is 2.30. The molecule has 1 saturated heterocycles. The lowest BCUT2D eigenvalue weighted by Crippen LogP contribution is -2.29. The lowest BCUT2D eigenvalue weighted by atomic mass is 9.86. The van der Waals surface area contributed by atoms with E-state index in [9.17, 15) is 4.79 Å². The summed E-state index contributed by atoms with van der Waals surface area (Å²) < 4.78 is 22.6. The van der Waals surface area contributed by atoms with E-state index in [-0.39, 0.29) is 17.5 Å². The van der Waals surface area contributed by atoms with Gasteiger partial charge in [0.25, 0.3) is 0 Å². The number of carbonyl (C=O) groups excluding carboxylic acids is 1. The van der Waals surface area contributed by atoms with Crippen LogP contribution in [0.15, 0.2) is 36.1 Å². The van der Waals surface area contributed by atoms with Crippen molar-refractivity contribution in [2.45, 2.75) is 18.8 Å². The predicted molar refractivity (Wildman–Crippen MR) is 115 cm³/mol. The number of ketones is 1. The van der Waals surface area contributed by atoms with Crippen molar-refractivity contribution in [1.82, 2.24) is 4.90 Å². The standard InChI is InChI=1S/C24H27NO5/c1-25-11-9-16(10-12-25)21-18(28-3)14-19(29-4)22-23(26)20(30-24(21)22)13-15-5-7-17(27-2)8-6-15/h5-8,13-14,16H,9-12H2,1-4H3/b20-13-. The molecule has 158 valence electrons. The Hall–Kier alpha value is -2.99. The molecule has 30 heavy (non-hydrogen) atoms. The summed E-state index contributed by atoms with van der Waals surface area (Å²) in [6, 6.07) is 9.30. The molecule has 1 fully saturated rings. The van der Waals surface area contributed by atoms with E-state index in [2.05, 4.69) is 11.9 Å². The van der Waals surface area contributed by atoms with Crippen LogP contribution in [0.2, 0.25) is 0 Å². The molecule has 2 aromatic carbocycles. The van der Waals surface area contributed by atoms with Gasteiger partial charge in [-0.1, -0.05) is 12.1 Å². The second-order valence-electron chi connectivity index (χ2n) is 7.69. The Labute approximate surface area is 177 Å². The van der Waals surface area contributed by atoms with E-state index in [1.807, 2.05) is 30.3 Å². The first kappa shape index (κ1) is 20.3. The molecule has 2 aromatic rings. The van der Waals surface area contributed by atoms with Crippen molar-refractivity contribution < 1.29 is 23.7 Å². The van der Waals surface area contributed by atoms with Gasteiger partial charge in [-0.05, 0) is 62.7 Å². The van der Waals surface area contributed by atoms with E-state index in [0.717, 1.165) is 42.8 Å². The summed E-state index contributed by atoms with van der Waals surface area (Å²) >= 11 is 0. The molecule has 0 amide bonds. The van der Waals surface area contributed by atoms with Crippen molar-refractivity contribution in [1.29, 1.82) is 0 Å². The highest BCUT2D eigenvalue weighted by Gasteiger charge is 2.38. The Morgan fingerprint density at radius 1 is 1.00 bits per heavy atom. The zero-order chi connectivity index (χ0) is 21.3. The quantitative estimate of drug-likeness (QED) is 0.692. The number of fused-ring (bicyclic) bond motifs is 1. The third-order valence-corrected chi connectivity index (χ3v) is 5.89. The highest BCUT2D eigenvalue weighted by atomic mass is 16.5. The van der Waals surface area contributed by atoms with Crippen molar-refractivity contribution in [3.05, 3.63) is 52.8 Å². The molecule has 4 rings (SSSR count). The topological polar surface area (TPSA) is 57.2 Å². The summed E-state index contributed by atoms with van der Waals surface area (Å²) in [4.78, 5) is 15.6. The summed E-state index contributed by atoms with van der Waals surface area (Å²) in [6.45, 7) is 1.99. The molecule has 0 atom stereocenters. The average Bonchev–Trinajstić information content (AvgIpc) is 3.10. The number of nitrogens with zero attached hydrogens (tertiary/aromatic N) is 1. The minimum atomic E-state index is -0.172. The van der Waals surface area contributed by atoms with Crippen molar-refractivity contribution in [2.75, 3.05) is 41.5 Å². The van der Waals surface area contributed by atoms with Gasteiger partial charge in [-0.25, -0.2) is 0 Å². The van der Waals surface area contributed by atoms with Gasteiger partial charge in [0.1, 0.15) is 28.6 Å². The fourth-order valence-corrected chi connectivity index (χ4v) is 4.19. The summed E-state index contributed by atoms with van der Waals surface area (Å²) in [7, 11) is 6.95. The Kier molecular flexibility index (Phi) is 5.68. The van der Waals surface area contributed by atoms with Gasteiger partial charge in [-0.15, -0.1) is 0 Å². The van der Waals surface area contributed by atoms with E-state index in [1.165, 1.54) is 0 Å². The van der Waals surface area contributed by atoms with Crippen LogP contribution in [-0.2, 0) is 0 Å². The van der Waals surface area contributed by atoms with E-state index in [0.29, 0.717) is 22.8 Å². The molecule has 6 heteroatoms. The first-order chi connectivity index (χ1) is 14.5. The average molecular weight is 409 g/mol. The smallest absolute Gasteiger partial charge is 0.235 e. The SMILES string of the molecule is COc1ccc(/C=C2\Oc3c(c(OC)cc(OC)c3C3CCN(C)CC3)C2=O)cc1. The van der Waals surface area contributed by atoms with E-state index in [1.54, 1.807) is 27.4 Å². The van der Waals surface area contributed by atoms with Gasteiger partial charge in [0.2, 0.25) is 5.78 Å². The van der Waals surface area contributed by atoms with Crippen LogP contribution in [0.25, 0.3) is 6.08 Å². The van der Waals surface area contributed by atoms with Crippen LogP contribution >= 0.6 is 0 Å². The molecule has 2 aliphatic rings. The van der Waals surface area contributed by atoms with Gasteiger partial charge in [0.05, 0.1) is 21.3 Å². The number of allylic oxidation sites excluding steroid dienone is 1. The molecule has 0 saturated carbocycles. The first-order valence-electron chi connectivity index (χ1n) is 10.1. The number of piperidine rings is 1. The summed E-state index contributed by atoms with van der Waals surface area (Å²) in [5, 5.41) is 0. The van der Waals surface area contributed by atoms with Crippen molar-refractivity contribution in [3.8, 4) is 23.0 Å². The summed E-state index contributed by atoms with van der Waals surface area (Å²) in [5.74, 6) is 2.90. The van der Waals surface area contributed by atoms with E-state index < -0.39 is 0 Å². The van der Waals surface area contributed by atoms with Crippen LogP contribution in [0, 0.1) is 0 Å². The molecule has 0 N–H and O–H groups in total. The number of benzene rings is 2. The van der Waals surface area contributed by atoms with Crippen molar-refractivity contribution in [2.24, 2.45) is 0 Å². The Morgan fingerprint density at radius 3 is 2.27 bits per heavy atom. The molecule has 0 bridgehead atoms. The van der Waals surface area contributed by atoms with E-state index >= 15 is 0 Å². The third-order valence-electron chi connectivity index (χ3n) is 5.89. The zero-order valence-electron chi connectivity index (χ0n) is 17.9. The number of hydrogen-bond donors (Lipinski definition) is 0. The zero-order valence-corrected chi connectivity index (χ0v) is 17.9. The van der Waals surface area contributed by atoms with Crippen LogP contribution in [0.1, 0.15) is 40.2 Å². The number of carbonyl (C=O) groups is 1. The lowest BCUT2D eigenvalue weighted by molar-refractivity contribution is 0.101. The van der Waals surface area contributed by atoms with Crippen LogP contribution in [0.5, 0.6) is 23.0 Å². The van der Waals surface area contributed by atoms with E-state index in [4.69, 9.17) is 18.9 Å². The minimum Gasteiger partial charge on any atom is -0.497 e. The van der Waals surface area contributed by atoms with Gasteiger partial charge in [0.15, 0.2) is 5.76 Å². The molecule has 0 aliphatic carbocycles. The van der Waals surface area contributed by atoms with Gasteiger partial charge < -0.3 is 23.8 Å². The molecule has 2 heterocycles. The molecular weight excluding hydrogens is 382 g/mol. The molecule has 2 aliphatic heterocycles. The Balaban J connectivity index is 1.77. The van der Waals surface area contributed by atoms with Gasteiger partial charge >= 0.3 is 0 Å². The highest BCUT2D eigenvalue weighted by Crippen LogP contribution is 2.50. The van der Waals surface area contributed by atoms with Crippen molar-refractivity contribution >= 4 is 11.9 Å². The maximum Gasteiger partial charge on any atom is 0.235 e. The number of methoxy groups -OCH3 is 3. The normalized spacial score (nSPS) is 18.3. The number of likely N-dealkylation sites (tertiary alicyclic amines) is 1. The highest BCUT2D eigenvalue weighted by molar-refractivity contribution is 6.16. The van der Waals surface area contributed by atoms with Crippen molar-refractivity contribution in [3.63, 3.8) is 0 Å². The fraction of sp³-hybridized carbons (Fsp3) is 0.375. The minimum absolute atomic E-state index is 0.172. The monoisotopic (exact) mass is 409 g/mol. The molecular formula is C24H27NO5. The largest absolute Gasteiger partial charge is 0.497 e. The second kappa shape index (κ2) is 8.40. The van der Waals surface area contributed by atoms with Crippen LogP contribution < -0.4 is 18.9 Å². The molecule has 0 unspecified atom stereocenters. The molecule has 0 radical (unpaired) electrons. The lowest BCUT2D eigenvalue weighted by Gasteiger charge is -2.30. The van der Waals surface area contributed by atoms with Crippen LogP contribution in [0.4, 0.5) is 0 Å². The van der Waals surface area contributed by atoms with Crippen LogP contribution in [-0.4, -0.2) is 52.1 Å². The summed E-state index contributed by atoms with van der Waals surface area (Å²) in [6.07, 6.45) is 3.73. The second-order valence-corrected chi connectivity index (χ2v) is 7.69. The number of Topliss-reactive ketones (excluding diaryl/α,β-unsaturated/α-hetero) is 1.